The summed E-state index contributed by atoms with van der Waals surface area (Å²) in [5, 5.41) is 2.43. The van der Waals surface area contributed by atoms with Crippen LogP contribution in [0, 0.1) is 0 Å². The van der Waals surface area contributed by atoms with E-state index >= 15 is 0 Å². The highest BCUT2D eigenvalue weighted by molar-refractivity contribution is 8.00. The number of hydrogen-bond donors (Lipinski definition) is 0. The third-order valence-corrected chi connectivity index (χ3v) is 5.08. The number of amides is 1. The molecule has 0 unspecified atom stereocenters. The van der Waals surface area contributed by atoms with Gasteiger partial charge in [-0.2, -0.15) is 0 Å². The molecule has 0 radical (unpaired) electrons. The summed E-state index contributed by atoms with van der Waals surface area (Å²) >= 11 is 1.59. The zero-order chi connectivity index (χ0) is 17.6. The molecule has 1 aromatic heterocycles. The topological polar surface area (TPSA) is 33.2 Å². The van der Waals surface area contributed by atoms with Gasteiger partial charge in [-0.05, 0) is 48.4 Å². The maximum Gasteiger partial charge on any atom is 0.233 e. The zero-order valence-electron chi connectivity index (χ0n) is 14.6. The van der Waals surface area contributed by atoms with Crippen molar-refractivity contribution in [2.75, 3.05) is 5.75 Å². The largest absolute Gasteiger partial charge is 0.335 e. The van der Waals surface area contributed by atoms with E-state index in [2.05, 4.69) is 49.2 Å². The molecular weight excluding hydrogens is 328 g/mol. The lowest BCUT2D eigenvalue weighted by molar-refractivity contribution is -0.130. The smallest absolute Gasteiger partial charge is 0.233 e. The molecule has 0 N–H and O–H groups in total. The van der Waals surface area contributed by atoms with E-state index in [0.29, 0.717) is 12.3 Å². The average molecular weight is 350 g/mol. The van der Waals surface area contributed by atoms with Gasteiger partial charge in [-0.15, -0.1) is 11.8 Å². The highest BCUT2D eigenvalue weighted by atomic mass is 32.2. The second kappa shape index (κ2) is 8.17. The molecule has 3 nitrogen and oxygen atoms in total. The van der Waals surface area contributed by atoms with E-state index in [4.69, 9.17) is 0 Å². The monoisotopic (exact) mass is 350 g/mol. The van der Waals surface area contributed by atoms with Gasteiger partial charge < -0.3 is 4.90 Å². The van der Waals surface area contributed by atoms with Crippen molar-refractivity contribution in [2.45, 2.75) is 31.3 Å². The molecule has 0 bridgehead atoms. The number of rotatable bonds is 6. The highest BCUT2D eigenvalue weighted by Crippen LogP contribution is 2.24. The van der Waals surface area contributed by atoms with Crippen LogP contribution in [0.25, 0.3) is 10.8 Å². The molecule has 25 heavy (non-hydrogen) atoms. The number of pyridine rings is 1. The number of fused-ring (bicyclic) bond motifs is 1. The summed E-state index contributed by atoms with van der Waals surface area (Å²) in [4.78, 5) is 19.9. The molecule has 0 saturated heterocycles. The fourth-order valence-corrected chi connectivity index (χ4v) is 3.56. The number of carbonyl (C=O) groups is 1. The van der Waals surface area contributed by atoms with E-state index < -0.39 is 0 Å². The van der Waals surface area contributed by atoms with Crippen molar-refractivity contribution in [1.82, 2.24) is 9.88 Å². The second-order valence-electron chi connectivity index (χ2n) is 6.27. The van der Waals surface area contributed by atoms with Gasteiger partial charge in [0.05, 0.1) is 5.75 Å². The first kappa shape index (κ1) is 17.5. The van der Waals surface area contributed by atoms with E-state index in [1.165, 1.54) is 10.8 Å². The molecule has 3 aromatic rings. The van der Waals surface area contributed by atoms with Crippen LogP contribution in [0.4, 0.5) is 0 Å². The van der Waals surface area contributed by atoms with E-state index in [9.17, 15) is 4.79 Å². The standard InChI is InChI=1S/C21H22N2OS/c1-16(2)23(14-17-6-5-11-22-13-17)21(24)15-25-20-10-9-18-7-3-4-8-19(18)12-20/h3-13,16H,14-15H2,1-2H3. The van der Waals surface area contributed by atoms with Crippen molar-refractivity contribution in [3.8, 4) is 0 Å². The molecule has 0 aliphatic heterocycles. The molecule has 4 heteroatoms. The van der Waals surface area contributed by atoms with Crippen molar-refractivity contribution in [3.05, 3.63) is 72.6 Å². The quantitative estimate of drug-likeness (QED) is 0.601. The third kappa shape index (κ3) is 4.60. The normalized spacial score (nSPS) is 11.0. The molecule has 0 aliphatic carbocycles. The van der Waals surface area contributed by atoms with Crippen LogP contribution >= 0.6 is 11.8 Å². The summed E-state index contributed by atoms with van der Waals surface area (Å²) in [6.07, 6.45) is 3.57. The van der Waals surface area contributed by atoms with Gasteiger partial charge in [-0.3, -0.25) is 9.78 Å². The predicted molar refractivity (Wildman–Crippen MR) is 105 cm³/mol. The van der Waals surface area contributed by atoms with Gasteiger partial charge >= 0.3 is 0 Å². The number of hydrogen-bond acceptors (Lipinski definition) is 3. The molecule has 0 saturated carbocycles. The van der Waals surface area contributed by atoms with E-state index in [1.807, 2.05) is 35.4 Å². The minimum absolute atomic E-state index is 0.150. The van der Waals surface area contributed by atoms with Crippen LogP contribution in [0.5, 0.6) is 0 Å². The number of carbonyl (C=O) groups excluding carboxylic acids is 1. The van der Waals surface area contributed by atoms with Crippen LogP contribution < -0.4 is 0 Å². The zero-order valence-corrected chi connectivity index (χ0v) is 15.4. The first-order valence-electron chi connectivity index (χ1n) is 8.43. The van der Waals surface area contributed by atoms with Gasteiger partial charge in [-0.1, -0.05) is 36.4 Å². The predicted octanol–water partition coefficient (Wildman–Crippen LogP) is 4.76. The van der Waals surface area contributed by atoms with Gasteiger partial charge in [0, 0.05) is 29.9 Å². The molecule has 0 aliphatic rings. The van der Waals surface area contributed by atoms with Crippen molar-refractivity contribution in [3.63, 3.8) is 0 Å². The molecule has 3 rings (SSSR count). The van der Waals surface area contributed by atoms with Gasteiger partial charge in [0.2, 0.25) is 5.91 Å². The molecule has 128 valence electrons. The number of aromatic nitrogens is 1. The Hall–Kier alpha value is -2.33. The molecule has 2 aromatic carbocycles. The van der Waals surface area contributed by atoms with Gasteiger partial charge in [0.25, 0.3) is 0 Å². The first-order valence-corrected chi connectivity index (χ1v) is 9.42. The lowest BCUT2D eigenvalue weighted by Gasteiger charge is -2.26. The summed E-state index contributed by atoms with van der Waals surface area (Å²) < 4.78 is 0. The van der Waals surface area contributed by atoms with E-state index in [1.54, 1.807) is 18.0 Å². The Morgan fingerprint density at radius 3 is 2.60 bits per heavy atom. The van der Waals surface area contributed by atoms with Crippen molar-refractivity contribution in [1.29, 1.82) is 0 Å². The Bertz CT molecular complexity index is 849. The Morgan fingerprint density at radius 2 is 1.88 bits per heavy atom. The lowest BCUT2D eigenvalue weighted by atomic mass is 10.1. The molecule has 1 heterocycles. The summed E-state index contributed by atoms with van der Waals surface area (Å²) in [5.41, 5.74) is 1.06. The Morgan fingerprint density at radius 1 is 1.08 bits per heavy atom. The Balaban J connectivity index is 1.66. The van der Waals surface area contributed by atoms with Crippen LogP contribution in [0.15, 0.2) is 71.9 Å². The summed E-state index contributed by atoms with van der Waals surface area (Å²) in [6, 6.07) is 18.7. The maximum absolute atomic E-state index is 12.7. The summed E-state index contributed by atoms with van der Waals surface area (Å²) in [7, 11) is 0. The SMILES string of the molecule is CC(C)N(Cc1cccnc1)C(=O)CSc1ccc2ccccc2c1. The van der Waals surface area contributed by atoms with Crippen LogP contribution in [-0.2, 0) is 11.3 Å². The Labute approximate surface area is 153 Å². The second-order valence-corrected chi connectivity index (χ2v) is 7.32. The lowest BCUT2D eigenvalue weighted by Crippen LogP contribution is -2.37. The molecule has 0 atom stereocenters. The molecule has 0 spiro atoms. The number of thioether (sulfide) groups is 1. The van der Waals surface area contributed by atoms with Crippen LogP contribution in [0.3, 0.4) is 0 Å². The molecule has 1 amide bonds. The number of benzene rings is 2. The fourth-order valence-electron chi connectivity index (χ4n) is 2.73. The van der Waals surface area contributed by atoms with Crippen LogP contribution in [0.1, 0.15) is 19.4 Å². The third-order valence-electron chi connectivity index (χ3n) is 4.10. The minimum atomic E-state index is 0.150. The molecule has 0 fully saturated rings. The van der Waals surface area contributed by atoms with Crippen molar-refractivity contribution < 1.29 is 4.79 Å². The average Bonchev–Trinajstić information content (AvgIpc) is 2.64. The van der Waals surface area contributed by atoms with Gasteiger partial charge in [0.1, 0.15) is 0 Å². The fraction of sp³-hybridized carbons (Fsp3) is 0.238. The van der Waals surface area contributed by atoms with Gasteiger partial charge in [-0.25, -0.2) is 0 Å². The van der Waals surface area contributed by atoms with Gasteiger partial charge in [0.15, 0.2) is 0 Å². The number of nitrogens with zero attached hydrogens (tertiary/aromatic N) is 2. The van der Waals surface area contributed by atoms with Crippen molar-refractivity contribution >= 4 is 28.4 Å². The maximum atomic E-state index is 12.7. The minimum Gasteiger partial charge on any atom is -0.335 e. The first-order chi connectivity index (χ1) is 12.1. The van der Waals surface area contributed by atoms with Crippen LogP contribution in [-0.4, -0.2) is 27.6 Å². The highest BCUT2D eigenvalue weighted by Gasteiger charge is 2.17. The summed E-state index contributed by atoms with van der Waals surface area (Å²) in [6.45, 7) is 4.70. The van der Waals surface area contributed by atoms with E-state index in [0.717, 1.165) is 10.5 Å². The van der Waals surface area contributed by atoms with E-state index in [-0.39, 0.29) is 11.9 Å². The molecular formula is C21H22N2OS. The van der Waals surface area contributed by atoms with Crippen molar-refractivity contribution in [2.24, 2.45) is 0 Å². The van der Waals surface area contributed by atoms with Crippen LogP contribution in [0.2, 0.25) is 0 Å². The Kier molecular flexibility index (Phi) is 5.71. The summed E-state index contributed by atoms with van der Waals surface area (Å²) in [5.74, 6) is 0.591.